The highest BCUT2D eigenvalue weighted by Gasteiger charge is 2.24. The molecule has 0 bridgehead atoms. The van der Waals surface area contributed by atoms with Gasteiger partial charge in [-0.15, -0.1) is 0 Å². The zero-order chi connectivity index (χ0) is 20.1. The third kappa shape index (κ3) is 4.73. The topological polar surface area (TPSA) is 56.8 Å². The minimum Gasteiger partial charge on any atom is -0.497 e. The van der Waals surface area contributed by atoms with Gasteiger partial charge in [0.2, 0.25) is 0 Å². The van der Waals surface area contributed by atoms with Crippen molar-refractivity contribution in [1.29, 1.82) is 0 Å². The molecule has 148 valence electrons. The molecule has 0 fully saturated rings. The lowest BCUT2D eigenvalue weighted by Gasteiger charge is -2.18. The van der Waals surface area contributed by atoms with Crippen molar-refractivity contribution in [2.75, 3.05) is 27.4 Å². The highest BCUT2D eigenvalue weighted by Crippen LogP contribution is 2.36. The summed E-state index contributed by atoms with van der Waals surface area (Å²) >= 11 is 0. The fraction of sp³-hybridized carbons (Fsp3) is 0.348. The smallest absolute Gasteiger partial charge is 0.337 e. The van der Waals surface area contributed by atoms with E-state index in [4.69, 9.17) is 14.2 Å². The molecule has 0 amide bonds. The highest BCUT2D eigenvalue weighted by molar-refractivity contribution is 5.89. The Morgan fingerprint density at radius 3 is 2.71 bits per heavy atom. The quantitative estimate of drug-likeness (QED) is 0.765. The second kappa shape index (κ2) is 8.48. The SMILES string of the molecule is COC(=O)c1cccc(CNCC2=CC(C)(C)COc3ccc(OC)cc32)c1. The number of esters is 1. The molecule has 5 heteroatoms. The van der Waals surface area contributed by atoms with E-state index < -0.39 is 0 Å². The fourth-order valence-corrected chi connectivity index (χ4v) is 3.28. The predicted molar refractivity (Wildman–Crippen MR) is 110 cm³/mol. The molecule has 2 aromatic carbocycles. The minimum absolute atomic E-state index is 0.0753. The van der Waals surface area contributed by atoms with Crippen LogP contribution in [0.5, 0.6) is 11.5 Å². The van der Waals surface area contributed by atoms with E-state index in [0.717, 1.165) is 22.6 Å². The number of benzene rings is 2. The lowest BCUT2D eigenvalue weighted by atomic mass is 9.90. The number of fused-ring (bicyclic) bond motifs is 1. The molecule has 0 spiro atoms. The Morgan fingerprint density at radius 1 is 1.14 bits per heavy atom. The molecule has 0 aliphatic carbocycles. The van der Waals surface area contributed by atoms with Gasteiger partial charge in [0, 0.05) is 24.1 Å². The Balaban J connectivity index is 1.77. The Hall–Kier alpha value is -2.79. The van der Waals surface area contributed by atoms with Crippen LogP contribution in [0, 0.1) is 5.41 Å². The van der Waals surface area contributed by atoms with Crippen molar-refractivity contribution < 1.29 is 19.0 Å². The summed E-state index contributed by atoms with van der Waals surface area (Å²) in [7, 11) is 3.06. The molecule has 0 atom stereocenters. The zero-order valence-corrected chi connectivity index (χ0v) is 16.9. The standard InChI is InChI=1S/C23H27NO4/c1-23(2)12-18(20-11-19(26-3)8-9-21(20)28-15-23)14-24-13-16-6-5-7-17(10-16)22(25)27-4/h5-12,24H,13-15H2,1-4H3. The monoisotopic (exact) mass is 381 g/mol. The lowest BCUT2D eigenvalue weighted by molar-refractivity contribution is 0.0600. The number of nitrogens with one attached hydrogen (secondary N) is 1. The van der Waals surface area contributed by atoms with Gasteiger partial charge in [-0.25, -0.2) is 4.79 Å². The maximum atomic E-state index is 11.7. The van der Waals surface area contributed by atoms with Crippen LogP contribution in [0.4, 0.5) is 0 Å². The largest absolute Gasteiger partial charge is 0.497 e. The maximum absolute atomic E-state index is 11.7. The molecule has 1 N–H and O–H groups in total. The molecule has 3 rings (SSSR count). The average Bonchev–Trinajstić information content (AvgIpc) is 2.83. The van der Waals surface area contributed by atoms with Gasteiger partial charge < -0.3 is 19.5 Å². The first-order valence-electron chi connectivity index (χ1n) is 9.33. The Morgan fingerprint density at radius 2 is 1.96 bits per heavy atom. The summed E-state index contributed by atoms with van der Waals surface area (Å²) in [6.45, 7) is 6.26. The molecule has 0 radical (unpaired) electrons. The molecule has 0 aromatic heterocycles. The number of hydrogen-bond acceptors (Lipinski definition) is 5. The zero-order valence-electron chi connectivity index (χ0n) is 16.9. The van der Waals surface area contributed by atoms with E-state index in [-0.39, 0.29) is 11.4 Å². The van der Waals surface area contributed by atoms with Crippen LogP contribution in [0.2, 0.25) is 0 Å². The van der Waals surface area contributed by atoms with Crippen molar-refractivity contribution in [3.05, 3.63) is 65.2 Å². The van der Waals surface area contributed by atoms with Crippen molar-refractivity contribution in [2.45, 2.75) is 20.4 Å². The molecular weight excluding hydrogens is 354 g/mol. The van der Waals surface area contributed by atoms with E-state index >= 15 is 0 Å². The number of ether oxygens (including phenoxy) is 3. The number of carbonyl (C=O) groups is 1. The van der Waals surface area contributed by atoms with Gasteiger partial charge in [-0.3, -0.25) is 0 Å². The predicted octanol–water partition coefficient (Wildman–Crippen LogP) is 4.07. The second-order valence-corrected chi connectivity index (χ2v) is 7.60. The summed E-state index contributed by atoms with van der Waals surface area (Å²) in [4.78, 5) is 11.7. The van der Waals surface area contributed by atoms with Crippen LogP contribution in [-0.4, -0.2) is 33.3 Å². The fourth-order valence-electron chi connectivity index (χ4n) is 3.28. The van der Waals surface area contributed by atoms with Crippen LogP contribution in [0.3, 0.4) is 0 Å². The van der Waals surface area contributed by atoms with Crippen LogP contribution in [0.1, 0.15) is 35.3 Å². The van der Waals surface area contributed by atoms with Crippen molar-refractivity contribution in [1.82, 2.24) is 5.32 Å². The first kappa shape index (κ1) is 20.0. The van der Waals surface area contributed by atoms with Crippen LogP contribution in [0.25, 0.3) is 5.57 Å². The Kier molecular flexibility index (Phi) is 6.05. The van der Waals surface area contributed by atoms with E-state index in [1.807, 2.05) is 36.4 Å². The highest BCUT2D eigenvalue weighted by atomic mass is 16.5. The van der Waals surface area contributed by atoms with Gasteiger partial charge >= 0.3 is 5.97 Å². The third-order valence-electron chi connectivity index (χ3n) is 4.69. The van der Waals surface area contributed by atoms with Gasteiger partial charge in [-0.1, -0.05) is 32.1 Å². The minimum atomic E-state index is -0.326. The van der Waals surface area contributed by atoms with Gasteiger partial charge in [-0.05, 0) is 41.5 Å². The summed E-state index contributed by atoms with van der Waals surface area (Å²) in [5, 5.41) is 3.48. The normalized spacial score (nSPS) is 14.9. The molecule has 28 heavy (non-hydrogen) atoms. The number of hydrogen-bond donors (Lipinski definition) is 1. The molecular formula is C23H27NO4. The van der Waals surface area contributed by atoms with Gasteiger partial charge in [0.25, 0.3) is 0 Å². The van der Waals surface area contributed by atoms with Crippen molar-refractivity contribution in [3.63, 3.8) is 0 Å². The molecule has 1 heterocycles. The number of rotatable bonds is 6. The summed E-state index contributed by atoms with van der Waals surface area (Å²) in [5.41, 5.74) is 3.72. The first-order chi connectivity index (χ1) is 13.4. The molecule has 2 aromatic rings. The van der Waals surface area contributed by atoms with Crippen LogP contribution in [-0.2, 0) is 11.3 Å². The van der Waals surface area contributed by atoms with E-state index in [1.54, 1.807) is 13.2 Å². The van der Waals surface area contributed by atoms with Crippen LogP contribution in [0.15, 0.2) is 48.5 Å². The summed E-state index contributed by atoms with van der Waals surface area (Å²) < 4.78 is 16.2. The van der Waals surface area contributed by atoms with E-state index in [0.29, 0.717) is 25.3 Å². The third-order valence-corrected chi connectivity index (χ3v) is 4.69. The van der Waals surface area contributed by atoms with Crippen LogP contribution >= 0.6 is 0 Å². The second-order valence-electron chi connectivity index (χ2n) is 7.60. The first-order valence-corrected chi connectivity index (χ1v) is 9.33. The van der Waals surface area contributed by atoms with Crippen molar-refractivity contribution in [3.8, 4) is 11.5 Å². The van der Waals surface area contributed by atoms with Crippen LogP contribution < -0.4 is 14.8 Å². The van der Waals surface area contributed by atoms with Gasteiger partial charge in [0.05, 0.1) is 26.4 Å². The molecule has 0 saturated heterocycles. The Bertz CT molecular complexity index is 886. The van der Waals surface area contributed by atoms with Gasteiger partial charge in [-0.2, -0.15) is 0 Å². The molecule has 0 unspecified atom stereocenters. The number of carbonyl (C=O) groups excluding carboxylic acids is 1. The van der Waals surface area contributed by atoms with Gasteiger partial charge in [0.15, 0.2) is 0 Å². The van der Waals surface area contributed by atoms with Gasteiger partial charge in [0.1, 0.15) is 11.5 Å². The molecule has 1 aliphatic rings. The lowest BCUT2D eigenvalue weighted by Crippen LogP contribution is -2.19. The van der Waals surface area contributed by atoms with E-state index in [2.05, 4.69) is 25.2 Å². The number of methoxy groups -OCH3 is 2. The summed E-state index contributed by atoms with van der Waals surface area (Å²) in [5.74, 6) is 1.35. The Labute approximate surface area is 166 Å². The maximum Gasteiger partial charge on any atom is 0.337 e. The van der Waals surface area contributed by atoms with E-state index in [9.17, 15) is 4.79 Å². The average molecular weight is 381 g/mol. The van der Waals surface area contributed by atoms with Crippen molar-refractivity contribution >= 4 is 11.5 Å². The summed E-state index contributed by atoms with van der Waals surface area (Å²) in [6, 6.07) is 13.4. The summed E-state index contributed by atoms with van der Waals surface area (Å²) in [6.07, 6.45) is 2.26. The molecule has 0 saturated carbocycles. The molecule has 1 aliphatic heterocycles. The van der Waals surface area contributed by atoms with E-state index in [1.165, 1.54) is 12.7 Å². The molecule has 5 nitrogen and oxygen atoms in total. The van der Waals surface area contributed by atoms with Crippen molar-refractivity contribution in [2.24, 2.45) is 5.41 Å².